The van der Waals surface area contributed by atoms with E-state index in [9.17, 15) is 4.79 Å². The molecule has 1 aromatic heterocycles. The smallest absolute Gasteiger partial charge is 0.312 e. The maximum atomic E-state index is 10.7. The third-order valence-electron chi connectivity index (χ3n) is 1.62. The Balaban J connectivity index is 3.08. The summed E-state index contributed by atoms with van der Waals surface area (Å²) in [6, 6.07) is 1.78. The van der Waals surface area contributed by atoms with Crippen LogP contribution in [0.15, 0.2) is 21.2 Å². The van der Waals surface area contributed by atoms with Gasteiger partial charge in [-0.1, -0.05) is 0 Å². The van der Waals surface area contributed by atoms with Gasteiger partial charge in [0.25, 0.3) is 0 Å². The summed E-state index contributed by atoms with van der Waals surface area (Å²) in [6.07, 6.45) is 1.58. The molecule has 1 N–H and O–H groups in total. The zero-order valence-corrected chi connectivity index (χ0v) is 9.96. The molecule has 0 fully saturated rings. The van der Waals surface area contributed by atoms with Crippen molar-refractivity contribution >= 4 is 37.8 Å². The van der Waals surface area contributed by atoms with Gasteiger partial charge in [-0.15, -0.1) is 0 Å². The Morgan fingerprint density at radius 1 is 1.62 bits per heavy atom. The average molecular weight is 309 g/mol. The van der Waals surface area contributed by atoms with E-state index in [1.807, 2.05) is 0 Å². The monoisotopic (exact) mass is 307 g/mol. The standard InChI is InChI=1S/C8H7Br2NO2/c1-4(8(12)13)7-6(10)2-5(9)3-11-7/h2-4H,1H3,(H,12,13). The number of aromatic nitrogens is 1. The van der Waals surface area contributed by atoms with Gasteiger partial charge in [0.05, 0.1) is 11.6 Å². The molecule has 1 heterocycles. The first kappa shape index (κ1) is 10.7. The van der Waals surface area contributed by atoms with Crippen LogP contribution in [-0.2, 0) is 4.79 Å². The molecule has 1 rings (SSSR count). The zero-order valence-electron chi connectivity index (χ0n) is 6.79. The van der Waals surface area contributed by atoms with Gasteiger partial charge >= 0.3 is 5.97 Å². The molecule has 0 radical (unpaired) electrons. The van der Waals surface area contributed by atoms with E-state index in [-0.39, 0.29) is 0 Å². The van der Waals surface area contributed by atoms with E-state index in [1.165, 1.54) is 0 Å². The van der Waals surface area contributed by atoms with E-state index in [1.54, 1.807) is 19.2 Å². The van der Waals surface area contributed by atoms with E-state index >= 15 is 0 Å². The Hall–Kier alpha value is -0.420. The topological polar surface area (TPSA) is 50.2 Å². The average Bonchev–Trinajstić information content (AvgIpc) is 2.03. The molecule has 13 heavy (non-hydrogen) atoms. The van der Waals surface area contributed by atoms with Crippen LogP contribution >= 0.6 is 31.9 Å². The van der Waals surface area contributed by atoms with Crippen molar-refractivity contribution in [2.24, 2.45) is 0 Å². The zero-order chi connectivity index (χ0) is 10.0. The molecule has 1 unspecified atom stereocenters. The molecule has 3 nitrogen and oxygen atoms in total. The Morgan fingerprint density at radius 2 is 2.23 bits per heavy atom. The van der Waals surface area contributed by atoms with Gasteiger partial charge in [0.1, 0.15) is 0 Å². The number of nitrogens with zero attached hydrogens (tertiary/aromatic N) is 1. The summed E-state index contributed by atoms with van der Waals surface area (Å²) < 4.78 is 1.53. The van der Waals surface area contributed by atoms with Crippen molar-refractivity contribution in [1.82, 2.24) is 4.98 Å². The van der Waals surface area contributed by atoms with Crippen molar-refractivity contribution < 1.29 is 9.90 Å². The van der Waals surface area contributed by atoms with Gasteiger partial charge in [-0.05, 0) is 44.8 Å². The van der Waals surface area contributed by atoms with Crippen molar-refractivity contribution in [2.45, 2.75) is 12.8 Å². The predicted molar refractivity (Wildman–Crippen MR) is 55.7 cm³/mol. The van der Waals surface area contributed by atoms with Gasteiger partial charge < -0.3 is 5.11 Å². The fraction of sp³-hybridized carbons (Fsp3) is 0.250. The Labute approximate surface area is 92.4 Å². The van der Waals surface area contributed by atoms with Crippen molar-refractivity contribution in [3.63, 3.8) is 0 Å². The number of aliphatic carboxylic acids is 1. The first-order valence-corrected chi connectivity index (χ1v) is 5.14. The van der Waals surface area contributed by atoms with Crippen LogP contribution < -0.4 is 0 Å². The van der Waals surface area contributed by atoms with Gasteiger partial charge in [-0.2, -0.15) is 0 Å². The van der Waals surface area contributed by atoms with E-state index in [4.69, 9.17) is 5.11 Å². The lowest BCUT2D eigenvalue weighted by Crippen LogP contribution is -2.09. The van der Waals surface area contributed by atoms with Crippen LogP contribution in [0.25, 0.3) is 0 Å². The number of pyridine rings is 1. The minimum absolute atomic E-state index is 0.538. The molecule has 1 aromatic rings. The van der Waals surface area contributed by atoms with Crippen LogP contribution in [0.4, 0.5) is 0 Å². The molecule has 0 saturated heterocycles. The first-order valence-electron chi connectivity index (χ1n) is 3.56. The molecule has 0 aromatic carbocycles. The SMILES string of the molecule is CC(C(=O)O)c1ncc(Br)cc1Br. The lowest BCUT2D eigenvalue weighted by Gasteiger charge is -2.07. The van der Waals surface area contributed by atoms with E-state index in [2.05, 4.69) is 36.8 Å². The summed E-state index contributed by atoms with van der Waals surface area (Å²) in [4.78, 5) is 14.7. The van der Waals surface area contributed by atoms with Crippen LogP contribution in [-0.4, -0.2) is 16.1 Å². The number of hydrogen-bond donors (Lipinski definition) is 1. The minimum atomic E-state index is -0.879. The van der Waals surface area contributed by atoms with Gasteiger partial charge in [-0.3, -0.25) is 9.78 Å². The molecule has 0 bridgehead atoms. The fourth-order valence-electron chi connectivity index (χ4n) is 0.861. The lowest BCUT2D eigenvalue weighted by atomic mass is 10.1. The highest BCUT2D eigenvalue weighted by Gasteiger charge is 2.17. The number of carboxylic acids is 1. The fourth-order valence-corrected chi connectivity index (χ4v) is 2.19. The molecule has 0 amide bonds. The van der Waals surface area contributed by atoms with Gasteiger partial charge in [0, 0.05) is 15.1 Å². The van der Waals surface area contributed by atoms with Gasteiger partial charge in [-0.25, -0.2) is 0 Å². The largest absolute Gasteiger partial charge is 0.481 e. The second kappa shape index (κ2) is 4.19. The second-order valence-corrected chi connectivity index (χ2v) is 4.35. The normalized spacial score (nSPS) is 12.5. The molecule has 1 atom stereocenters. The van der Waals surface area contributed by atoms with Gasteiger partial charge in [0.2, 0.25) is 0 Å². The maximum Gasteiger partial charge on any atom is 0.312 e. The van der Waals surface area contributed by atoms with Gasteiger partial charge in [0.15, 0.2) is 0 Å². The Kier molecular flexibility index (Phi) is 3.44. The Morgan fingerprint density at radius 3 is 2.69 bits per heavy atom. The van der Waals surface area contributed by atoms with Crippen LogP contribution in [0.1, 0.15) is 18.5 Å². The third kappa shape index (κ3) is 2.51. The van der Waals surface area contributed by atoms with Crippen molar-refractivity contribution in [3.8, 4) is 0 Å². The van der Waals surface area contributed by atoms with Crippen molar-refractivity contribution in [2.75, 3.05) is 0 Å². The van der Waals surface area contributed by atoms with Crippen LogP contribution in [0.5, 0.6) is 0 Å². The summed E-state index contributed by atoms with van der Waals surface area (Å²) in [5.41, 5.74) is 0.538. The number of carboxylic acid groups (broad SMARTS) is 1. The first-order chi connectivity index (χ1) is 6.02. The maximum absolute atomic E-state index is 10.7. The highest BCUT2D eigenvalue weighted by molar-refractivity contribution is 9.11. The lowest BCUT2D eigenvalue weighted by molar-refractivity contribution is -0.138. The number of halogens is 2. The van der Waals surface area contributed by atoms with E-state index < -0.39 is 11.9 Å². The molecular formula is C8H7Br2NO2. The molecule has 0 aliphatic rings. The molecular weight excluding hydrogens is 302 g/mol. The summed E-state index contributed by atoms with van der Waals surface area (Å²) in [5.74, 6) is -1.47. The Bertz CT molecular complexity index is 341. The summed E-state index contributed by atoms with van der Waals surface area (Å²) in [6.45, 7) is 1.60. The van der Waals surface area contributed by atoms with Crippen LogP contribution in [0.2, 0.25) is 0 Å². The molecule has 70 valence electrons. The van der Waals surface area contributed by atoms with E-state index in [0.29, 0.717) is 10.2 Å². The van der Waals surface area contributed by atoms with E-state index in [0.717, 1.165) is 4.47 Å². The number of rotatable bonds is 2. The minimum Gasteiger partial charge on any atom is -0.481 e. The van der Waals surface area contributed by atoms with Crippen LogP contribution in [0.3, 0.4) is 0 Å². The predicted octanol–water partition coefficient (Wildman–Crippen LogP) is 2.79. The summed E-state index contributed by atoms with van der Waals surface area (Å²) >= 11 is 6.50. The number of carbonyl (C=O) groups is 1. The molecule has 0 saturated carbocycles. The third-order valence-corrected chi connectivity index (χ3v) is 2.69. The second-order valence-electron chi connectivity index (χ2n) is 2.58. The van der Waals surface area contributed by atoms with Crippen LogP contribution in [0, 0.1) is 0 Å². The molecule has 5 heteroatoms. The highest BCUT2D eigenvalue weighted by atomic mass is 79.9. The van der Waals surface area contributed by atoms with Crippen molar-refractivity contribution in [3.05, 3.63) is 26.9 Å². The molecule has 0 aliphatic carbocycles. The summed E-state index contributed by atoms with van der Waals surface area (Å²) in [5, 5.41) is 8.76. The highest BCUT2D eigenvalue weighted by Crippen LogP contribution is 2.25. The molecule has 0 spiro atoms. The summed E-state index contributed by atoms with van der Waals surface area (Å²) in [7, 11) is 0. The molecule has 0 aliphatic heterocycles. The van der Waals surface area contributed by atoms with Crippen molar-refractivity contribution in [1.29, 1.82) is 0 Å². The quantitative estimate of drug-likeness (QED) is 0.914. The number of hydrogen-bond acceptors (Lipinski definition) is 2.